The van der Waals surface area contributed by atoms with Crippen molar-refractivity contribution in [2.75, 3.05) is 21.3 Å². The van der Waals surface area contributed by atoms with E-state index in [2.05, 4.69) is 10.6 Å². The lowest BCUT2D eigenvalue weighted by Crippen LogP contribution is -2.27. The summed E-state index contributed by atoms with van der Waals surface area (Å²) < 4.78 is 13.2. The molecule has 3 aromatic rings. The number of urea groups is 1. The monoisotopic (exact) mass is 421 g/mol. The number of aryl methyl sites for hydroxylation is 1. The number of amides is 3. The first-order chi connectivity index (χ1) is 14.5. The Labute approximate surface area is 178 Å². The summed E-state index contributed by atoms with van der Waals surface area (Å²) in [6.07, 6.45) is 0. The van der Waals surface area contributed by atoms with Crippen LogP contribution in [0.1, 0.15) is 16.5 Å². The molecule has 1 atom stereocenters. The predicted molar refractivity (Wildman–Crippen MR) is 119 cm³/mol. The summed E-state index contributed by atoms with van der Waals surface area (Å²) in [5.74, 6) is 0.00585. The van der Waals surface area contributed by atoms with Gasteiger partial charge in [-0.1, -0.05) is 24.3 Å². The SMILES string of the molecule is Cc1cccc(NC(=O)Nc2ccc([C@@H]3SCC(=O)N3c3ccc(F)cc3)cc2)c1. The molecule has 1 aliphatic rings. The van der Waals surface area contributed by atoms with Crippen LogP contribution in [0.25, 0.3) is 0 Å². The average molecular weight is 421 g/mol. The van der Waals surface area contributed by atoms with E-state index in [4.69, 9.17) is 0 Å². The molecule has 152 valence electrons. The molecule has 7 heteroatoms. The molecule has 0 spiro atoms. The molecule has 0 bridgehead atoms. The standard InChI is InChI=1S/C23H20FN3O2S/c1-15-3-2-4-19(13-15)26-23(29)25-18-9-5-16(6-10-18)22-27(21(28)14-30-22)20-11-7-17(24)8-12-20/h2-13,22H,14H2,1H3,(H2,25,26,29)/t22-/m0/s1. The molecule has 0 radical (unpaired) electrons. The lowest BCUT2D eigenvalue weighted by molar-refractivity contribution is -0.115. The molecular formula is C23H20FN3O2S. The molecule has 0 unspecified atom stereocenters. The van der Waals surface area contributed by atoms with Crippen molar-refractivity contribution in [2.24, 2.45) is 0 Å². The topological polar surface area (TPSA) is 61.4 Å². The zero-order chi connectivity index (χ0) is 21.1. The van der Waals surface area contributed by atoms with Crippen molar-refractivity contribution >= 4 is 40.8 Å². The number of hydrogen-bond acceptors (Lipinski definition) is 3. The maximum atomic E-state index is 13.2. The smallest absolute Gasteiger partial charge is 0.308 e. The second-order valence-electron chi connectivity index (χ2n) is 6.97. The second kappa shape index (κ2) is 8.59. The Morgan fingerprint density at radius 3 is 2.40 bits per heavy atom. The van der Waals surface area contributed by atoms with Crippen LogP contribution >= 0.6 is 11.8 Å². The Balaban J connectivity index is 1.45. The van der Waals surface area contributed by atoms with Crippen molar-refractivity contribution in [3.05, 3.63) is 89.7 Å². The predicted octanol–water partition coefficient (Wildman–Crippen LogP) is 5.56. The number of halogens is 1. The Kier molecular flexibility index (Phi) is 5.72. The van der Waals surface area contributed by atoms with Crippen LogP contribution in [0.3, 0.4) is 0 Å². The molecule has 30 heavy (non-hydrogen) atoms. The van der Waals surface area contributed by atoms with Crippen molar-refractivity contribution in [1.82, 2.24) is 0 Å². The number of nitrogens with zero attached hydrogens (tertiary/aromatic N) is 1. The Hall–Kier alpha value is -3.32. The van der Waals surface area contributed by atoms with E-state index in [0.29, 0.717) is 17.1 Å². The Morgan fingerprint density at radius 1 is 1.00 bits per heavy atom. The molecular weight excluding hydrogens is 401 g/mol. The van der Waals surface area contributed by atoms with E-state index >= 15 is 0 Å². The molecule has 0 aromatic heterocycles. The minimum atomic E-state index is -0.339. The third kappa shape index (κ3) is 4.46. The van der Waals surface area contributed by atoms with Crippen LogP contribution < -0.4 is 15.5 Å². The van der Waals surface area contributed by atoms with Crippen LogP contribution in [0, 0.1) is 12.7 Å². The Morgan fingerprint density at radius 2 is 1.70 bits per heavy atom. The van der Waals surface area contributed by atoms with E-state index in [-0.39, 0.29) is 23.1 Å². The zero-order valence-electron chi connectivity index (χ0n) is 16.3. The third-order valence-corrected chi connectivity index (χ3v) is 5.91. The summed E-state index contributed by atoms with van der Waals surface area (Å²) in [5, 5.41) is 5.41. The quantitative estimate of drug-likeness (QED) is 0.580. The first-order valence-corrected chi connectivity index (χ1v) is 10.5. The fourth-order valence-corrected chi connectivity index (χ4v) is 4.48. The van der Waals surface area contributed by atoms with E-state index < -0.39 is 0 Å². The number of hydrogen-bond donors (Lipinski definition) is 2. The third-order valence-electron chi connectivity index (χ3n) is 4.70. The molecule has 1 aliphatic heterocycles. The number of carbonyl (C=O) groups is 2. The van der Waals surface area contributed by atoms with E-state index in [0.717, 1.165) is 16.8 Å². The van der Waals surface area contributed by atoms with Gasteiger partial charge in [0.2, 0.25) is 5.91 Å². The molecule has 3 amide bonds. The normalized spacial score (nSPS) is 15.9. The van der Waals surface area contributed by atoms with Crippen LogP contribution in [-0.2, 0) is 4.79 Å². The lowest BCUT2D eigenvalue weighted by Gasteiger charge is -2.24. The number of thioether (sulfide) groups is 1. The van der Waals surface area contributed by atoms with Gasteiger partial charge in [0, 0.05) is 17.1 Å². The van der Waals surface area contributed by atoms with Crippen molar-refractivity contribution < 1.29 is 14.0 Å². The van der Waals surface area contributed by atoms with Gasteiger partial charge in [-0.25, -0.2) is 9.18 Å². The molecule has 4 rings (SSSR count). The van der Waals surface area contributed by atoms with E-state index in [1.54, 1.807) is 29.2 Å². The summed E-state index contributed by atoms with van der Waals surface area (Å²) in [7, 11) is 0. The highest BCUT2D eigenvalue weighted by Gasteiger charge is 2.34. The van der Waals surface area contributed by atoms with Crippen molar-refractivity contribution in [1.29, 1.82) is 0 Å². The summed E-state index contributed by atoms with van der Waals surface area (Å²) >= 11 is 1.52. The van der Waals surface area contributed by atoms with Crippen LogP contribution in [0.2, 0.25) is 0 Å². The average Bonchev–Trinajstić information content (AvgIpc) is 3.10. The molecule has 0 aliphatic carbocycles. The van der Waals surface area contributed by atoms with Crippen LogP contribution in [0.5, 0.6) is 0 Å². The lowest BCUT2D eigenvalue weighted by atomic mass is 10.1. The van der Waals surface area contributed by atoms with Gasteiger partial charge in [-0.05, 0) is 66.6 Å². The van der Waals surface area contributed by atoms with Crippen molar-refractivity contribution in [3.63, 3.8) is 0 Å². The van der Waals surface area contributed by atoms with E-state index in [1.165, 1.54) is 23.9 Å². The maximum absolute atomic E-state index is 13.2. The molecule has 5 nitrogen and oxygen atoms in total. The highest BCUT2D eigenvalue weighted by molar-refractivity contribution is 8.00. The fraction of sp³-hybridized carbons (Fsp3) is 0.130. The summed E-state index contributed by atoms with van der Waals surface area (Å²) in [4.78, 5) is 26.3. The molecule has 1 heterocycles. The minimum absolute atomic E-state index is 0.0173. The largest absolute Gasteiger partial charge is 0.323 e. The number of anilines is 3. The molecule has 3 aromatic carbocycles. The molecule has 1 fully saturated rings. The van der Waals surface area contributed by atoms with Gasteiger partial charge in [0.15, 0.2) is 0 Å². The molecule has 1 saturated heterocycles. The number of carbonyl (C=O) groups excluding carboxylic acids is 2. The van der Waals surface area contributed by atoms with Crippen molar-refractivity contribution in [3.8, 4) is 0 Å². The molecule has 2 N–H and O–H groups in total. The van der Waals surface area contributed by atoms with E-state index in [9.17, 15) is 14.0 Å². The van der Waals surface area contributed by atoms with Gasteiger partial charge >= 0.3 is 6.03 Å². The summed E-state index contributed by atoms with van der Waals surface area (Å²) in [5.41, 5.74) is 4.02. The summed E-state index contributed by atoms with van der Waals surface area (Å²) in [6.45, 7) is 1.96. The van der Waals surface area contributed by atoms with Gasteiger partial charge in [-0.3, -0.25) is 9.69 Å². The first-order valence-electron chi connectivity index (χ1n) is 9.43. The minimum Gasteiger partial charge on any atom is -0.308 e. The van der Waals surface area contributed by atoms with Crippen molar-refractivity contribution in [2.45, 2.75) is 12.3 Å². The van der Waals surface area contributed by atoms with Crippen LogP contribution in [0.4, 0.5) is 26.2 Å². The summed E-state index contributed by atoms with van der Waals surface area (Å²) in [6, 6.07) is 20.5. The fourth-order valence-electron chi connectivity index (χ4n) is 3.30. The van der Waals surface area contributed by atoms with E-state index in [1.807, 2.05) is 43.3 Å². The maximum Gasteiger partial charge on any atom is 0.323 e. The van der Waals surface area contributed by atoms with Gasteiger partial charge in [-0.15, -0.1) is 11.8 Å². The Bertz CT molecular complexity index is 1070. The zero-order valence-corrected chi connectivity index (χ0v) is 17.1. The van der Waals surface area contributed by atoms with Gasteiger partial charge < -0.3 is 10.6 Å². The highest BCUT2D eigenvalue weighted by atomic mass is 32.2. The van der Waals surface area contributed by atoms with Gasteiger partial charge in [0.25, 0.3) is 0 Å². The highest BCUT2D eigenvalue weighted by Crippen LogP contribution is 2.41. The molecule has 0 saturated carbocycles. The first kappa shape index (κ1) is 20.0. The van der Waals surface area contributed by atoms with Gasteiger partial charge in [0.1, 0.15) is 11.2 Å². The number of nitrogens with one attached hydrogen (secondary N) is 2. The second-order valence-corrected chi connectivity index (χ2v) is 8.04. The van der Waals surface area contributed by atoms with Crippen LogP contribution in [0.15, 0.2) is 72.8 Å². The van der Waals surface area contributed by atoms with Gasteiger partial charge in [-0.2, -0.15) is 0 Å². The van der Waals surface area contributed by atoms with Crippen LogP contribution in [-0.4, -0.2) is 17.7 Å². The number of rotatable bonds is 4. The number of benzene rings is 3. The van der Waals surface area contributed by atoms with Gasteiger partial charge in [0.05, 0.1) is 5.75 Å².